The molecule has 3 nitrogen and oxygen atoms in total. The van der Waals surface area contributed by atoms with E-state index < -0.39 is 0 Å². The van der Waals surface area contributed by atoms with Crippen molar-refractivity contribution in [3.63, 3.8) is 0 Å². The van der Waals surface area contributed by atoms with Gasteiger partial charge in [0.05, 0.1) is 5.03 Å². The van der Waals surface area contributed by atoms with Gasteiger partial charge in [-0.3, -0.25) is 0 Å². The lowest BCUT2D eigenvalue weighted by Crippen LogP contribution is -1.90. The number of rotatable bonds is 6. The fourth-order valence-corrected chi connectivity index (χ4v) is 1.85. The Morgan fingerprint density at radius 2 is 2.36 bits per heavy atom. The second kappa shape index (κ2) is 6.54. The van der Waals surface area contributed by atoms with Crippen molar-refractivity contribution in [2.24, 2.45) is 0 Å². The minimum Gasteiger partial charge on any atom is -0.300 e. The van der Waals surface area contributed by atoms with E-state index in [1.165, 1.54) is 0 Å². The van der Waals surface area contributed by atoms with E-state index in [0.717, 1.165) is 23.6 Å². The number of aromatic nitrogens is 2. The number of hydrogen-bond acceptors (Lipinski definition) is 4. The summed E-state index contributed by atoms with van der Waals surface area (Å²) in [5.41, 5.74) is 0. The Hall–Kier alpha value is -0.900. The molecule has 0 bridgehead atoms. The van der Waals surface area contributed by atoms with Gasteiger partial charge >= 0.3 is 0 Å². The van der Waals surface area contributed by atoms with Gasteiger partial charge < -0.3 is 4.79 Å². The summed E-state index contributed by atoms with van der Waals surface area (Å²) in [6, 6.07) is 1.90. The van der Waals surface area contributed by atoms with Crippen LogP contribution in [0.15, 0.2) is 23.6 Å². The topological polar surface area (TPSA) is 42.9 Å². The number of carbonyl (C=O) groups is 1. The van der Waals surface area contributed by atoms with Crippen molar-refractivity contribution in [2.75, 3.05) is 5.75 Å². The van der Waals surface area contributed by atoms with Crippen LogP contribution < -0.4 is 0 Å². The van der Waals surface area contributed by atoms with Crippen LogP contribution in [0.2, 0.25) is 0 Å². The van der Waals surface area contributed by atoms with Gasteiger partial charge in [0, 0.05) is 12.6 Å². The highest BCUT2D eigenvalue weighted by Crippen LogP contribution is 2.15. The first kappa shape index (κ1) is 11.2. The van der Waals surface area contributed by atoms with Gasteiger partial charge in [0.15, 0.2) is 0 Å². The zero-order valence-corrected chi connectivity index (χ0v) is 9.09. The number of unbranched alkanes of at least 4 members (excludes halogenated alkanes) is 1. The van der Waals surface area contributed by atoms with Crippen LogP contribution in [0.3, 0.4) is 0 Å². The van der Waals surface area contributed by atoms with Gasteiger partial charge in [0.25, 0.3) is 0 Å². The predicted molar refractivity (Wildman–Crippen MR) is 57.3 cm³/mol. The molecule has 4 heteroatoms. The Morgan fingerprint density at radius 1 is 1.50 bits per heavy atom. The lowest BCUT2D eigenvalue weighted by molar-refractivity contribution is -0.117. The van der Waals surface area contributed by atoms with Gasteiger partial charge in [-0.05, 0) is 31.6 Å². The molecule has 0 fully saturated rings. The molecule has 0 aromatic carbocycles. The average molecular weight is 210 g/mol. The normalized spacial score (nSPS) is 10.1. The van der Waals surface area contributed by atoms with Crippen LogP contribution in [-0.2, 0) is 4.79 Å². The fourth-order valence-electron chi connectivity index (χ4n) is 1.02. The maximum absolute atomic E-state index is 10.6. The fraction of sp³-hybridized carbons (Fsp3) is 0.500. The SMILES string of the molecule is CC(=O)CCCCSc1ccncn1. The Bertz CT molecular complexity index is 277. The molecular formula is C10H14N2OS. The third-order valence-electron chi connectivity index (χ3n) is 1.73. The summed E-state index contributed by atoms with van der Waals surface area (Å²) < 4.78 is 0. The molecule has 0 aliphatic carbocycles. The summed E-state index contributed by atoms with van der Waals surface area (Å²) in [7, 11) is 0. The van der Waals surface area contributed by atoms with Crippen LogP contribution in [0.25, 0.3) is 0 Å². The third-order valence-corrected chi connectivity index (χ3v) is 2.76. The highest BCUT2D eigenvalue weighted by molar-refractivity contribution is 7.99. The second-order valence-electron chi connectivity index (χ2n) is 3.06. The zero-order chi connectivity index (χ0) is 10.2. The lowest BCUT2D eigenvalue weighted by Gasteiger charge is -1.98. The minimum absolute atomic E-state index is 0.275. The summed E-state index contributed by atoms with van der Waals surface area (Å²) in [6.07, 6.45) is 6.04. The van der Waals surface area contributed by atoms with Crippen molar-refractivity contribution in [1.29, 1.82) is 0 Å². The Labute approximate surface area is 88.3 Å². The van der Waals surface area contributed by atoms with Crippen LogP contribution in [0, 0.1) is 0 Å². The van der Waals surface area contributed by atoms with Crippen molar-refractivity contribution in [2.45, 2.75) is 31.2 Å². The molecule has 0 radical (unpaired) electrons. The molecular weight excluding hydrogens is 196 g/mol. The first-order valence-corrected chi connectivity index (χ1v) is 5.66. The predicted octanol–water partition coefficient (Wildman–Crippen LogP) is 2.33. The molecule has 1 rings (SSSR count). The van der Waals surface area contributed by atoms with E-state index in [-0.39, 0.29) is 5.78 Å². The maximum Gasteiger partial charge on any atom is 0.129 e. The molecule has 0 saturated carbocycles. The molecule has 0 spiro atoms. The van der Waals surface area contributed by atoms with E-state index in [1.54, 1.807) is 31.2 Å². The molecule has 0 saturated heterocycles. The van der Waals surface area contributed by atoms with Gasteiger partial charge in [-0.25, -0.2) is 9.97 Å². The van der Waals surface area contributed by atoms with Crippen LogP contribution >= 0.6 is 11.8 Å². The molecule has 1 heterocycles. The van der Waals surface area contributed by atoms with Gasteiger partial charge in [-0.1, -0.05) is 0 Å². The maximum atomic E-state index is 10.6. The summed E-state index contributed by atoms with van der Waals surface area (Å²) >= 11 is 1.71. The summed E-state index contributed by atoms with van der Waals surface area (Å²) in [6.45, 7) is 1.64. The van der Waals surface area contributed by atoms with E-state index >= 15 is 0 Å². The molecule has 1 aromatic heterocycles. The van der Waals surface area contributed by atoms with Crippen molar-refractivity contribution < 1.29 is 4.79 Å². The van der Waals surface area contributed by atoms with Crippen molar-refractivity contribution in [1.82, 2.24) is 9.97 Å². The van der Waals surface area contributed by atoms with E-state index in [2.05, 4.69) is 9.97 Å². The molecule has 1 aromatic rings. The van der Waals surface area contributed by atoms with Gasteiger partial charge in [0.2, 0.25) is 0 Å². The zero-order valence-electron chi connectivity index (χ0n) is 8.27. The first-order valence-electron chi connectivity index (χ1n) is 4.67. The van der Waals surface area contributed by atoms with E-state index in [4.69, 9.17) is 0 Å². The number of carbonyl (C=O) groups excluding carboxylic acids is 1. The number of ketones is 1. The standard InChI is InChI=1S/C10H14N2OS/c1-9(13)4-2-3-7-14-10-5-6-11-8-12-10/h5-6,8H,2-4,7H2,1H3. The number of thioether (sulfide) groups is 1. The number of hydrogen-bond donors (Lipinski definition) is 0. The average Bonchev–Trinajstić information content (AvgIpc) is 2.18. The highest BCUT2D eigenvalue weighted by Gasteiger charge is 1.96. The summed E-state index contributed by atoms with van der Waals surface area (Å²) in [5.74, 6) is 1.29. The molecule has 14 heavy (non-hydrogen) atoms. The molecule has 0 atom stereocenters. The van der Waals surface area contributed by atoms with Crippen molar-refractivity contribution in [3.8, 4) is 0 Å². The van der Waals surface area contributed by atoms with E-state index in [9.17, 15) is 4.79 Å². The van der Waals surface area contributed by atoms with Gasteiger partial charge in [0.1, 0.15) is 12.1 Å². The molecule has 0 aliphatic rings. The van der Waals surface area contributed by atoms with Gasteiger partial charge in [-0.2, -0.15) is 0 Å². The largest absolute Gasteiger partial charge is 0.300 e. The second-order valence-corrected chi connectivity index (χ2v) is 4.17. The smallest absolute Gasteiger partial charge is 0.129 e. The van der Waals surface area contributed by atoms with Crippen LogP contribution in [0.5, 0.6) is 0 Å². The van der Waals surface area contributed by atoms with Crippen LogP contribution in [0.4, 0.5) is 0 Å². The van der Waals surface area contributed by atoms with Gasteiger partial charge in [-0.15, -0.1) is 11.8 Å². The first-order chi connectivity index (χ1) is 6.79. The highest BCUT2D eigenvalue weighted by atomic mass is 32.2. The van der Waals surface area contributed by atoms with Crippen molar-refractivity contribution in [3.05, 3.63) is 18.6 Å². The lowest BCUT2D eigenvalue weighted by atomic mass is 10.2. The summed E-state index contributed by atoms with van der Waals surface area (Å²) in [4.78, 5) is 18.6. The van der Waals surface area contributed by atoms with Crippen LogP contribution in [0.1, 0.15) is 26.2 Å². The Balaban J connectivity index is 2.08. The van der Waals surface area contributed by atoms with E-state index in [0.29, 0.717) is 6.42 Å². The van der Waals surface area contributed by atoms with E-state index in [1.807, 2.05) is 6.07 Å². The molecule has 76 valence electrons. The number of Topliss-reactive ketones (excluding diaryl/α,β-unsaturated/α-hetero) is 1. The summed E-state index contributed by atoms with van der Waals surface area (Å²) in [5, 5.41) is 1.00. The Morgan fingerprint density at radius 3 is 3.00 bits per heavy atom. The number of nitrogens with zero attached hydrogens (tertiary/aromatic N) is 2. The molecule has 0 aliphatic heterocycles. The third kappa shape index (κ3) is 4.97. The molecule has 0 N–H and O–H groups in total. The molecule has 0 unspecified atom stereocenters. The van der Waals surface area contributed by atoms with Crippen molar-refractivity contribution >= 4 is 17.5 Å². The van der Waals surface area contributed by atoms with Crippen LogP contribution in [-0.4, -0.2) is 21.5 Å². The minimum atomic E-state index is 0.275. The monoisotopic (exact) mass is 210 g/mol. The quantitative estimate of drug-likeness (QED) is 0.410. The Kier molecular flexibility index (Phi) is 5.22. The molecule has 0 amide bonds.